The average molecular weight is 284 g/mol. The number of nitrogens with two attached hydrogens (primary N) is 1. The molecule has 0 atom stereocenters. The van der Waals surface area contributed by atoms with Gasteiger partial charge in [0.1, 0.15) is 4.88 Å². The first-order chi connectivity index (χ1) is 9.16. The maximum absolute atomic E-state index is 11.8. The Hall–Kier alpha value is -1.05. The summed E-state index contributed by atoms with van der Waals surface area (Å²) >= 11 is 1.12. The Morgan fingerprint density at radius 1 is 1.47 bits per heavy atom. The number of nitrogens with zero attached hydrogens (tertiary/aromatic N) is 2. The molecule has 1 aliphatic carbocycles. The summed E-state index contributed by atoms with van der Waals surface area (Å²) in [6.07, 6.45) is 4.40. The van der Waals surface area contributed by atoms with E-state index in [-0.39, 0.29) is 5.91 Å². The van der Waals surface area contributed by atoms with Crippen molar-refractivity contribution in [3.05, 3.63) is 10.6 Å². The molecule has 1 aromatic heterocycles. The first-order valence-corrected chi connectivity index (χ1v) is 7.38. The molecule has 0 radical (unpaired) electrons. The first kappa shape index (κ1) is 14.4. The molecule has 1 saturated carbocycles. The smallest absolute Gasteiger partial charge is 0.265 e. The molecule has 1 aliphatic rings. The van der Waals surface area contributed by atoms with E-state index in [1.807, 2.05) is 0 Å². The van der Waals surface area contributed by atoms with Crippen LogP contribution < -0.4 is 11.1 Å². The maximum Gasteiger partial charge on any atom is 0.265 e. The molecule has 0 spiro atoms. The molecule has 0 bridgehead atoms. The van der Waals surface area contributed by atoms with E-state index in [9.17, 15) is 4.79 Å². The minimum absolute atomic E-state index is 0.123. The highest BCUT2D eigenvalue weighted by Gasteiger charge is 2.19. The van der Waals surface area contributed by atoms with Crippen molar-refractivity contribution in [2.24, 2.45) is 5.73 Å². The number of rotatable bonds is 5. The van der Waals surface area contributed by atoms with Crippen LogP contribution in [0.2, 0.25) is 0 Å². The fourth-order valence-electron chi connectivity index (χ4n) is 2.17. The Labute approximate surface area is 116 Å². The largest absolute Gasteiger partial charge is 0.376 e. The highest BCUT2D eigenvalue weighted by atomic mass is 32.1. The van der Waals surface area contributed by atoms with Gasteiger partial charge in [-0.3, -0.25) is 4.79 Å². The second kappa shape index (κ2) is 6.93. The van der Waals surface area contributed by atoms with Crippen molar-refractivity contribution in [1.29, 1.82) is 0 Å². The first-order valence-electron chi connectivity index (χ1n) is 6.61. The van der Waals surface area contributed by atoms with E-state index >= 15 is 0 Å². The molecule has 3 N–H and O–H groups in total. The molecule has 0 unspecified atom stereocenters. The Kier molecular flexibility index (Phi) is 5.24. The number of hydrogen-bond acceptors (Lipinski definition) is 6. The van der Waals surface area contributed by atoms with Crippen LogP contribution in [0.25, 0.3) is 0 Å². The standard InChI is InChI=1S/C12H20N4O2S/c1-8-11(19-16-15-8)12(17)14-6-7-18-10-4-2-9(13)3-5-10/h9-10H,2-7,13H2,1H3,(H,14,17). The topological polar surface area (TPSA) is 90.1 Å². The molecule has 1 aromatic rings. The third-order valence-electron chi connectivity index (χ3n) is 3.32. The molecule has 0 aromatic carbocycles. The summed E-state index contributed by atoms with van der Waals surface area (Å²) in [5.74, 6) is -0.123. The third kappa shape index (κ3) is 4.22. The summed E-state index contributed by atoms with van der Waals surface area (Å²) < 4.78 is 9.47. The van der Waals surface area contributed by atoms with Crippen LogP contribution in [-0.2, 0) is 4.74 Å². The zero-order valence-electron chi connectivity index (χ0n) is 11.1. The quantitative estimate of drug-likeness (QED) is 0.783. The van der Waals surface area contributed by atoms with Crippen molar-refractivity contribution < 1.29 is 9.53 Å². The van der Waals surface area contributed by atoms with E-state index < -0.39 is 0 Å². The molecule has 0 aliphatic heterocycles. The van der Waals surface area contributed by atoms with Gasteiger partial charge in [0.2, 0.25) is 0 Å². The number of ether oxygens (including phenoxy) is 1. The predicted molar refractivity (Wildman–Crippen MR) is 73.2 cm³/mol. The molecule has 19 heavy (non-hydrogen) atoms. The van der Waals surface area contributed by atoms with Gasteiger partial charge in [0.25, 0.3) is 5.91 Å². The van der Waals surface area contributed by atoms with Crippen molar-refractivity contribution in [3.63, 3.8) is 0 Å². The number of amides is 1. The van der Waals surface area contributed by atoms with Gasteiger partial charge in [-0.05, 0) is 44.1 Å². The normalized spacial score (nSPS) is 23.3. The summed E-state index contributed by atoms with van der Waals surface area (Å²) in [6.45, 7) is 2.83. The fraction of sp³-hybridized carbons (Fsp3) is 0.750. The monoisotopic (exact) mass is 284 g/mol. The molecule has 106 valence electrons. The Morgan fingerprint density at radius 2 is 2.21 bits per heavy atom. The van der Waals surface area contributed by atoms with Crippen LogP contribution in [0.5, 0.6) is 0 Å². The lowest BCUT2D eigenvalue weighted by atomic mass is 9.94. The minimum atomic E-state index is -0.123. The number of hydrogen-bond donors (Lipinski definition) is 2. The van der Waals surface area contributed by atoms with Gasteiger partial charge in [-0.2, -0.15) is 0 Å². The molecule has 1 fully saturated rings. The number of aryl methyl sites for hydroxylation is 1. The van der Waals surface area contributed by atoms with Crippen molar-refractivity contribution in [2.75, 3.05) is 13.2 Å². The summed E-state index contributed by atoms with van der Waals surface area (Å²) in [7, 11) is 0. The minimum Gasteiger partial charge on any atom is -0.376 e. The summed E-state index contributed by atoms with van der Waals surface area (Å²) in [5, 5.41) is 6.63. The van der Waals surface area contributed by atoms with Gasteiger partial charge in [0, 0.05) is 12.6 Å². The lowest BCUT2D eigenvalue weighted by Gasteiger charge is -2.26. The molecular weight excluding hydrogens is 264 g/mol. The van der Waals surface area contributed by atoms with E-state index in [2.05, 4.69) is 14.9 Å². The van der Waals surface area contributed by atoms with Crippen LogP contribution in [0.4, 0.5) is 0 Å². The number of aromatic nitrogens is 2. The lowest BCUT2D eigenvalue weighted by molar-refractivity contribution is 0.0268. The van der Waals surface area contributed by atoms with Crippen LogP contribution >= 0.6 is 11.5 Å². The van der Waals surface area contributed by atoms with E-state index in [1.54, 1.807) is 6.92 Å². The SMILES string of the molecule is Cc1nnsc1C(=O)NCCOC1CCC(N)CC1. The maximum atomic E-state index is 11.8. The fourth-order valence-corrected chi connectivity index (χ4v) is 2.74. The zero-order chi connectivity index (χ0) is 13.7. The van der Waals surface area contributed by atoms with E-state index in [0.29, 0.717) is 35.9 Å². The number of nitrogens with one attached hydrogen (secondary N) is 1. The van der Waals surface area contributed by atoms with E-state index in [4.69, 9.17) is 10.5 Å². The summed E-state index contributed by atoms with van der Waals surface area (Å²) in [6, 6.07) is 0.335. The lowest BCUT2D eigenvalue weighted by Crippen LogP contribution is -2.33. The van der Waals surface area contributed by atoms with Gasteiger partial charge in [-0.1, -0.05) is 4.49 Å². The van der Waals surface area contributed by atoms with Gasteiger partial charge < -0.3 is 15.8 Å². The highest BCUT2D eigenvalue weighted by Crippen LogP contribution is 2.19. The van der Waals surface area contributed by atoms with Crippen molar-refractivity contribution in [1.82, 2.24) is 14.9 Å². The summed E-state index contributed by atoms with van der Waals surface area (Å²) in [4.78, 5) is 12.3. The van der Waals surface area contributed by atoms with Crippen LogP contribution in [0, 0.1) is 6.92 Å². The van der Waals surface area contributed by atoms with Crippen LogP contribution in [0.1, 0.15) is 41.0 Å². The number of carbonyl (C=O) groups excluding carboxylic acids is 1. The average Bonchev–Trinajstić information content (AvgIpc) is 2.83. The van der Waals surface area contributed by atoms with Gasteiger partial charge in [0.05, 0.1) is 18.4 Å². The Morgan fingerprint density at radius 3 is 2.84 bits per heavy atom. The Bertz CT molecular complexity index is 416. The molecule has 2 rings (SSSR count). The molecule has 1 amide bonds. The van der Waals surface area contributed by atoms with Gasteiger partial charge in [-0.15, -0.1) is 5.10 Å². The van der Waals surface area contributed by atoms with Crippen molar-refractivity contribution >= 4 is 17.4 Å². The van der Waals surface area contributed by atoms with E-state index in [1.165, 1.54) is 0 Å². The molecule has 7 heteroatoms. The number of carbonyl (C=O) groups is 1. The molecular formula is C12H20N4O2S. The van der Waals surface area contributed by atoms with Crippen LogP contribution in [-0.4, -0.2) is 40.8 Å². The Balaban J connectivity index is 1.62. The summed E-state index contributed by atoms with van der Waals surface area (Å²) in [5.41, 5.74) is 6.51. The van der Waals surface area contributed by atoms with Crippen molar-refractivity contribution in [2.45, 2.75) is 44.8 Å². The second-order valence-corrected chi connectivity index (χ2v) is 5.61. The third-order valence-corrected chi connectivity index (χ3v) is 4.14. The molecule has 1 heterocycles. The van der Waals surface area contributed by atoms with E-state index in [0.717, 1.165) is 37.2 Å². The van der Waals surface area contributed by atoms with Crippen LogP contribution in [0.3, 0.4) is 0 Å². The second-order valence-electron chi connectivity index (χ2n) is 4.85. The zero-order valence-corrected chi connectivity index (χ0v) is 11.9. The predicted octanol–water partition coefficient (Wildman–Crippen LogP) is 0.863. The molecule has 6 nitrogen and oxygen atoms in total. The van der Waals surface area contributed by atoms with Crippen molar-refractivity contribution in [3.8, 4) is 0 Å². The van der Waals surface area contributed by atoms with Gasteiger partial charge >= 0.3 is 0 Å². The van der Waals surface area contributed by atoms with Gasteiger partial charge in [0.15, 0.2) is 0 Å². The molecule has 0 saturated heterocycles. The van der Waals surface area contributed by atoms with Crippen LogP contribution in [0.15, 0.2) is 0 Å². The van der Waals surface area contributed by atoms with Gasteiger partial charge in [-0.25, -0.2) is 0 Å². The highest BCUT2D eigenvalue weighted by molar-refractivity contribution is 7.07.